The van der Waals surface area contributed by atoms with E-state index >= 15 is 0 Å². The topological polar surface area (TPSA) is 54.1 Å². The zero-order valence-corrected chi connectivity index (χ0v) is 14.5. The number of aromatic amines is 1. The van der Waals surface area contributed by atoms with E-state index in [1.807, 2.05) is 0 Å². The number of methoxy groups -OCH3 is 1. The Labute approximate surface area is 143 Å². The van der Waals surface area contributed by atoms with Gasteiger partial charge in [0.05, 0.1) is 13.0 Å². The molecule has 0 amide bonds. The summed E-state index contributed by atoms with van der Waals surface area (Å²) in [5.74, 6) is 0.845. The summed E-state index contributed by atoms with van der Waals surface area (Å²) >= 11 is 0. The molecule has 0 bridgehead atoms. The molecule has 128 valence electrons. The van der Waals surface area contributed by atoms with Crippen molar-refractivity contribution in [3.63, 3.8) is 0 Å². The molecule has 2 aliphatic rings. The van der Waals surface area contributed by atoms with E-state index < -0.39 is 0 Å². The number of rotatable bonds is 2. The molecule has 4 heteroatoms. The number of aromatic nitrogens is 1. The molecule has 4 nitrogen and oxygen atoms in total. The van der Waals surface area contributed by atoms with Gasteiger partial charge in [0.2, 0.25) is 0 Å². The monoisotopic (exact) mass is 326 g/mol. The Balaban J connectivity index is 1.79. The van der Waals surface area contributed by atoms with Gasteiger partial charge >= 0.3 is 5.97 Å². The highest BCUT2D eigenvalue weighted by Crippen LogP contribution is 2.44. The summed E-state index contributed by atoms with van der Waals surface area (Å²) < 4.78 is 5.07. The summed E-state index contributed by atoms with van der Waals surface area (Å²) in [4.78, 5) is 15.9. The molecule has 24 heavy (non-hydrogen) atoms. The Hall–Kier alpha value is -1.81. The SMILES string of the molecule is CC[C@@H]1C[C@H](C(=O)OC)C[C@@H]2c3[nH]c4ccccc4c3CCN[C@H]12. The molecule has 4 rings (SSSR count). The lowest BCUT2D eigenvalue weighted by Gasteiger charge is -2.40. The van der Waals surface area contributed by atoms with Crippen molar-refractivity contribution in [2.75, 3.05) is 13.7 Å². The molecule has 2 aromatic rings. The number of esters is 1. The first-order valence-corrected chi connectivity index (χ1v) is 9.13. The molecule has 1 aromatic carbocycles. The van der Waals surface area contributed by atoms with Crippen molar-refractivity contribution in [1.29, 1.82) is 0 Å². The number of fused-ring (bicyclic) bond motifs is 5. The van der Waals surface area contributed by atoms with Crippen molar-refractivity contribution in [3.8, 4) is 0 Å². The fourth-order valence-electron chi connectivity index (χ4n) is 4.95. The number of hydrogen-bond donors (Lipinski definition) is 2. The first-order chi connectivity index (χ1) is 11.7. The van der Waals surface area contributed by atoms with Gasteiger partial charge in [0, 0.05) is 28.6 Å². The van der Waals surface area contributed by atoms with E-state index in [1.54, 1.807) is 0 Å². The van der Waals surface area contributed by atoms with Gasteiger partial charge in [0.1, 0.15) is 0 Å². The summed E-state index contributed by atoms with van der Waals surface area (Å²) in [5, 5.41) is 5.12. The fraction of sp³-hybridized carbons (Fsp3) is 0.550. The van der Waals surface area contributed by atoms with Crippen LogP contribution in [0.25, 0.3) is 10.9 Å². The van der Waals surface area contributed by atoms with Gasteiger partial charge in [-0.1, -0.05) is 31.5 Å². The van der Waals surface area contributed by atoms with E-state index in [0.29, 0.717) is 17.9 Å². The molecule has 1 aliphatic heterocycles. The number of carbonyl (C=O) groups excluding carboxylic acids is 1. The Morgan fingerprint density at radius 3 is 2.92 bits per heavy atom. The van der Waals surface area contributed by atoms with Crippen LogP contribution in [-0.4, -0.2) is 30.6 Å². The molecule has 1 saturated carbocycles. The van der Waals surface area contributed by atoms with E-state index in [-0.39, 0.29) is 11.9 Å². The second-order valence-corrected chi connectivity index (χ2v) is 7.26. The van der Waals surface area contributed by atoms with E-state index in [2.05, 4.69) is 41.5 Å². The molecular formula is C20H26N2O2. The van der Waals surface area contributed by atoms with Gasteiger partial charge in [-0.25, -0.2) is 0 Å². The first kappa shape index (κ1) is 15.7. The van der Waals surface area contributed by atoms with Gasteiger partial charge in [-0.15, -0.1) is 0 Å². The van der Waals surface area contributed by atoms with Crippen LogP contribution in [0.5, 0.6) is 0 Å². The summed E-state index contributed by atoms with van der Waals surface area (Å²) in [6.07, 6.45) is 3.95. The lowest BCUT2D eigenvalue weighted by molar-refractivity contribution is -0.147. The fourth-order valence-corrected chi connectivity index (χ4v) is 4.95. The average Bonchev–Trinajstić information content (AvgIpc) is 2.89. The number of H-pyrrole nitrogens is 1. The molecule has 2 heterocycles. The van der Waals surface area contributed by atoms with E-state index in [4.69, 9.17) is 4.74 Å². The summed E-state index contributed by atoms with van der Waals surface area (Å²) in [7, 11) is 1.51. The van der Waals surface area contributed by atoms with E-state index in [1.165, 1.54) is 29.3 Å². The van der Waals surface area contributed by atoms with Crippen molar-refractivity contribution in [2.24, 2.45) is 11.8 Å². The van der Waals surface area contributed by atoms with E-state index in [9.17, 15) is 4.79 Å². The van der Waals surface area contributed by atoms with Crippen LogP contribution < -0.4 is 5.32 Å². The molecule has 1 aliphatic carbocycles. The Morgan fingerprint density at radius 2 is 2.12 bits per heavy atom. The Morgan fingerprint density at radius 1 is 1.29 bits per heavy atom. The second kappa shape index (κ2) is 6.25. The molecule has 4 atom stereocenters. The third-order valence-corrected chi connectivity index (χ3v) is 6.10. The normalized spacial score (nSPS) is 29.6. The molecule has 0 saturated heterocycles. The zero-order valence-electron chi connectivity index (χ0n) is 14.5. The van der Waals surface area contributed by atoms with Crippen molar-refractivity contribution in [2.45, 2.75) is 44.6 Å². The summed E-state index contributed by atoms with van der Waals surface area (Å²) in [6, 6.07) is 9.01. The first-order valence-electron chi connectivity index (χ1n) is 9.13. The number of nitrogens with one attached hydrogen (secondary N) is 2. The smallest absolute Gasteiger partial charge is 0.308 e. The maximum Gasteiger partial charge on any atom is 0.308 e. The number of para-hydroxylation sites is 1. The van der Waals surface area contributed by atoms with Crippen LogP contribution in [0.3, 0.4) is 0 Å². The van der Waals surface area contributed by atoms with Gasteiger partial charge in [0.25, 0.3) is 0 Å². The van der Waals surface area contributed by atoms with E-state index in [0.717, 1.165) is 32.2 Å². The van der Waals surface area contributed by atoms with Gasteiger partial charge in [0.15, 0.2) is 0 Å². The van der Waals surface area contributed by atoms with Gasteiger partial charge in [-0.2, -0.15) is 0 Å². The van der Waals surface area contributed by atoms with Crippen molar-refractivity contribution in [1.82, 2.24) is 10.3 Å². The second-order valence-electron chi connectivity index (χ2n) is 7.26. The van der Waals surface area contributed by atoms with Gasteiger partial charge in [-0.05, 0) is 43.4 Å². The number of carbonyl (C=O) groups is 1. The number of benzene rings is 1. The lowest BCUT2D eigenvalue weighted by atomic mass is 9.69. The highest BCUT2D eigenvalue weighted by atomic mass is 16.5. The van der Waals surface area contributed by atoms with Crippen LogP contribution >= 0.6 is 0 Å². The number of ether oxygens (including phenoxy) is 1. The van der Waals surface area contributed by atoms with Crippen LogP contribution in [0, 0.1) is 11.8 Å². The quantitative estimate of drug-likeness (QED) is 0.832. The largest absolute Gasteiger partial charge is 0.469 e. The predicted octanol–water partition coefficient (Wildman–Crippen LogP) is 3.38. The van der Waals surface area contributed by atoms with Crippen molar-refractivity contribution >= 4 is 16.9 Å². The molecular weight excluding hydrogens is 300 g/mol. The Bertz CT molecular complexity index is 751. The minimum absolute atomic E-state index is 0.0142. The molecule has 0 radical (unpaired) electrons. The standard InChI is InChI=1S/C20H26N2O2/c1-3-12-10-13(20(23)24-2)11-16-18(12)21-9-8-15-14-6-4-5-7-17(14)22-19(15)16/h4-7,12-13,16,18,21-22H,3,8-11H2,1-2H3/t12-,13+,16+,18-/m1/s1. The van der Waals surface area contributed by atoms with Crippen LogP contribution in [-0.2, 0) is 16.0 Å². The average molecular weight is 326 g/mol. The molecule has 0 spiro atoms. The Kier molecular flexibility index (Phi) is 4.09. The van der Waals surface area contributed by atoms with Gasteiger partial charge in [-0.3, -0.25) is 4.79 Å². The lowest BCUT2D eigenvalue weighted by Crippen LogP contribution is -2.46. The maximum atomic E-state index is 12.2. The van der Waals surface area contributed by atoms with Gasteiger partial charge < -0.3 is 15.0 Å². The minimum atomic E-state index is -0.0474. The maximum absolute atomic E-state index is 12.2. The summed E-state index contributed by atoms with van der Waals surface area (Å²) in [5.41, 5.74) is 4.00. The number of hydrogen-bond acceptors (Lipinski definition) is 3. The van der Waals surface area contributed by atoms with Crippen LogP contribution in [0.2, 0.25) is 0 Å². The molecule has 1 fully saturated rings. The predicted molar refractivity (Wildman–Crippen MR) is 95.1 cm³/mol. The third-order valence-electron chi connectivity index (χ3n) is 6.10. The zero-order chi connectivity index (χ0) is 16.7. The van der Waals surface area contributed by atoms with Crippen LogP contribution in [0.4, 0.5) is 0 Å². The van der Waals surface area contributed by atoms with Crippen molar-refractivity contribution in [3.05, 3.63) is 35.5 Å². The molecule has 1 aromatic heterocycles. The highest BCUT2D eigenvalue weighted by molar-refractivity contribution is 5.85. The third kappa shape index (κ3) is 2.44. The molecule has 0 unspecified atom stereocenters. The molecule has 2 N–H and O–H groups in total. The van der Waals surface area contributed by atoms with Crippen LogP contribution in [0.15, 0.2) is 24.3 Å². The van der Waals surface area contributed by atoms with Crippen molar-refractivity contribution < 1.29 is 9.53 Å². The minimum Gasteiger partial charge on any atom is -0.469 e. The highest BCUT2D eigenvalue weighted by Gasteiger charge is 2.42. The summed E-state index contributed by atoms with van der Waals surface area (Å²) in [6.45, 7) is 3.25. The van der Waals surface area contributed by atoms with Crippen LogP contribution in [0.1, 0.15) is 43.4 Å².